The molecule has 6 heteroatoms. The molecule has 0 spiro atoms. The fourth-order valence-electron chi connectivity index (χ4n) is 1.73. The van der Waals surface area contributed by atoms with Gasteiger partial charge < -0.3 is 10.1 Å². The smallest absolute Gasteiger partial charge is 0.213 e. The topological polar surface area (TPSA) is 52.0 Å². The van der Waals surface area contributed by atoms with Crippen LogP contribution in [0.15, 0.2) is 11.6 Å². The molecule has 2 rings (SSSR count). The van der Waals surface area contributed by atoms with E-state index in [-0.39, 0.29) is 6.04 Å². The van der Waals surface area contributed by atoms with E-state index in [1.54, 1.807) is 23.1 Å². The number of aromatic nitrogens is 3. The number of thiazole rings is 1. The normalized spacial score (nSPS) is 12.5. The molecule has 0 bridgehead atoms. The van der Waals surface area contributed by atoms with Crippen molar-refractivity contribution in [3.63, 3.8) is 0 Å². The van der Waals surface area contributed by atoms with Gasteiger partial charge in [0.2, 0.25) is 5.88 Å². The predicted octanol–water partition coefficient (Wildman–Crippen LogP) is 2.37. The Labute approximate surface area is 104 Å². The molecular weight excluding hydrogens is 236 g/mol. The monoisotopic (exact) mass is 252 g/mol. The van der Waals surface area contributed by atoms with Gasteiger partial charge in [0.05, 0.1) is 24.4 Å². The zero-order valence-corrected chi connectivity index (χ0v) is 11.2. The van der Waals surface area contributed by atoms with Gasteiger partial charge in [-0.15, -0.1) is 11.3 Å². The van der Waals surface area contributed by atoms with Crippen LogP contribution in [0.5, 0.6) is 5.88 Å². The minimum Gasteiger partial charge on any atom is -0.481 e. The minimum atomic E-state index is 0.196. The molecule has 0 radical (unpaired) electrons. The molecule has 2 aromatic rings. The Morgan fingerprint density at radius 1 is 1.53 bits per heavy atom. The van der Waals surface area contributed by atoms with Crippen molar-refractivity contribution < 1.29 is 4.74 Å². The maximum Gasteiger partial charge on any atom is 0.213 e. The van der Waals surface area contributed by atoms with Gasteiger partial charge in [0.25, 0.3) is 0 Å². The van der Waals surface area contributed by atoms with Crippen molar-refractivity contribution in [1.82, 2.24) is 14.8 Å². The first-order valence-corrected chi connectivity index (χ1v) is 6.24. The van der Waals surface area contributed by atoms with Crippen LogP contribution < -0.4 is 10.1 Å². The summed E-state index contributed by atoms with van der Waals surface area (Å²) in [4.78, 5) is 5.48. The number of methoxy groups -OCH3 is 1. The quantitative estimate of drug-likeness (QED) is 0.907. The van der Waals surface area contributed by atoms with Crippen molar-refractivity contribution in [3.05, 3.63) is 22.1 Å². The van der Waals surface area contributed by atoms with E-state index in [1.807, 2.05) is 25.5 Å². The average Bonchev–Trinajstić information content (AvgIpc) is 2.84. The highest BCUT2D eigenvalue weighted by atomic mass is 32.1. The lowest BCUT2D eigenvalue weighted by Gasteiger charge is -2.11. The van der Waals surface area contributed by atoms with Crippen molar-refractivity contribution in [3.8, 4) is 5.88 Å². The standard InChI is InChI=1S/C11H16N4OS/c1-7-11(17-6-12-7)8(2)13-9-5-10(16-4)15(3)14-9/h5-6,8H,1-4H3,(H,13,14). The van der Waals surface area contributed by atoms with E-state index in [1.165, 1.54) is 4.88 Å². The highest BCUT2D eigenvalue weighted by molar-refractivity contribution is 7.09. The third-order valence-electron chi connectivity index (χ3n) is 2.59. The van der Waals surface area contributed by atoms with Crippen molar-refractivity contribution in [2.45, 2.75) is 19.9 Å². The number of anilines is 1. The Kier molecular flexibility index (Phi) is 3.33. The fourth-order valence-corrected chi connectivity index (χ4v) is 2.54. The van der Waals surface area contributed by atoms with E-state index in [2.05, 4.69) is 22.3 Å². The Morgan fingerprint density at radius 3 is 2.82 bits per heavy atom. The van der Waals surface area contributed by atoms with Crippen molar-refractivity contribution >= 4 is 17.2 Å². The molecule has 5 nitrogen and oxygen atoms in total. The number of rotatable bonds is 4. The molecule has 0 saturated carbocycles. The minimum absolute atomic E-state index is 0.196. The largest absolute Gasteiger partial charge is 0.481 e. The van der Waals surface area contributed by atoms with Crippen LogP contribution in [0.1, 0.15) is 23.5 Å². The highest BCUT2D eigenvalue weighted by Crippen LogP contribution is 2.25. The van der Waals surface area contributed by atoms with Gasteiger partial charge in [-0.05, 0) is 13.8 Å². The summed E-state index contributed by atoms with van der Waals surface area (Å²) in [6.45, 7) is 4.12. The molecule has 1 unspecified atom stereocenters. The van der Waals surface area contributed by atoms with Crippen LogP contribution >= 0.6 is 11.3 Å². The lowest BCUT2D eigenvalue weighted by atomic mass is 10.2. The predicted molar refractivity (Wildman–Crippen MR) is 68.6 cm³/mol. The summed E-state index contributed by atoms with van der Waals surface area (Å²) < 4.78 is 6.88. The van der Waals surface area contributed by atoms with Crippen LogP contribution in [0.25, 0.3) is 0 Å². The van der Waals surface area contributed by atoms with Crippen molar-refractivity contribution in [2.75, 3.05) is 12.4 Å². The first-order chi connectivity index (χ1) is 8.11. The van der Waals surface area contributed by atoms with Crippen molar-refractivity contribution in [1.29, 1.82) is 0 Å². The summed E-state index contributed by atoms with van der Waals surface area (Å²) in [7, 11) is 3.49. The Balaban J connectivity index is 2.13. The molecule has 2 heterocycles. The molecule has 0 saturated heterocycles. The van der Waals surface area contributed by atoms with Gasteiger partial charge in [-0.2, -0.15) is 5.10 Å². The Hall–Kier alpha value is -1.56. The number of aryl methyl sites for hydroxylation is 2. The second kappa shape index (κ2) is 4.75. The molecule has 1 atom stereocenters. The molecule has 2 aromatic heterocycles. The van der Waals surface area contributed by atoms with E-state index in [9.17, 15) is 0 Å². The van der Waals surface area contributed by atoms with E-state index in [0.717, 1.165) is 17.4 Å². The molecule has 17 heavy (non-hydrogen) atoms. The highest BCUT2D eigenvalue weighted by Gasteiger charge is 2.13. The summed E-state index contributed by atoms with van der Waals surface area (Å²) in [5.74, 6) is 1.55. The second-order valence-corrected chi connectivity index (χ2v) is 4.75. The van der Waals surface area contributed by atoms with Gasteiger partial charge in [0, 0.05) is 18.0 Å². The van der Waals surface area contributed by atoms with E-state index in [4.69, 9.17) is 4.74 Å². The van der Waals surface area contributed by atoms with Crippen LogP contribution in [-0.4, -0.2) is 21.9 Å². The van der Waals surface area contributed by atoms with Crippen LogP contribution in [0.2, 0.25) is 0 Å². The fraction of sp³-hybridized carbons (Fsp3) is 0.455. The molecular formula is C11H16N4OS. The molecule has 0 aliphatic carbocycles. The number of hydrogen-bond acceptors (Lipinski definition) is 5. The molecule has 0 amide bonds. The zero-order valence-electron chi connectivity index (χ0n) is 10.4. The number of nitrogens with zero attached hydrogens (tertiary/aromatic N) is 3. The molecule has 0 aliphatic heterocycles. The molecule has 0 aliphatic rings. The van der Waals surface area contributed by atoms with Gasteiger partial charge in [0.15, 0.2) is 5.82 Å². The van der Waals surface area contributed by atoms with Gasteiger partial charge in [-0.3, -0.25) is 0 Å². The van der Waals surface area contributed by atoms with E-state index in [0.29, 0.717) is 0 Å². The van der Waals surface area contributed by atoms with E-state index >= 15 is 0 Å². The second-order valence-electron chi connectivity index (χ2n) is 3.86. The first-order valence-electron chi connectivity index (χ1n) is 5.36. The van der Waals surface area contributed by atoms with E-state index < -0.39 is 0 Å². The maximum atomic E-state index is 5.17. The zero-order chi connectivity index (χ0) is 12.4. The van der Waals surface area contributed by atoms with Crippen molar-refractivity contribution in [2.24, 2.45) is 7.05 Å². The summed E-state index contributed by atoms with van der Waals surface area (Å²) in [5.41, 5.74) is 2.93. The van der Waals surface area contributed by atoms with Crippen LogP contribution in [-0.2, 0) is 7.05 Å². The lowest BCUT2D eigenvalue weighted by molar-refractivity contribution is 0.373. The SMILES string of the molecule is COc1cc(NC(C)c2scnc2C)nn1C. The molecule has 0 aromatic carbocycles. The first kappa shape index (κ1) is 11.9. The average molecular weight is 252 g/mol. The van der Waals surface area contributed by atoms with Crippen LogP contribution in [0.3, 0.4) is 0 Å². The molecule has 1 N–H and O–H groups in total. The summed E-state index contributed by atoms with van der Waals surface area (Å²) in [5, 5.41) is 7.66. The summed E-state index contributed by atoms with van der Waals surface area (Å²) >= 11 is 1.65. The van der Waals surface area contributed by atoms with Crippen LogP contribution in [0.4, 0.5) is 5.82 Å². The lowest BCUT2D eigenvalue weighted by Crippen LogP contribution is -2.07. The Morgan fingerprint density at radius 2 is 2.29 bits per heavy atom. The summed E-state index contributed by atoms with van der Waals surface area (Å²) in [6.07, 6.45) is 0. The summed E-state index contributed by atoms with van der Waals surface area (Å²) in [6, 6.07) is 2.08. The van der Waals surface area contributed by atoms with Gasteiger partial charge >= 0.3 is 0 Å². The molecule has 92 valence electrons. The van der Waals surface area contributed by atoms with Gasteiger partial charge in [-0.1, -0.05) is 0 Å². The molecule has 0 fully saturated rings. The number of hydrogen-bond donors (Lipinski definition) is 1. The van der Waals surface area contributed by atoms with Gasteiger partial charge in [-0.25, -0.2) is 9.67 Å². The maximum absolute atomic E-state index is 5.17. The number of ether oxygens (including phenoxy) is 1. The van der Waals surface area contributed by atoms with Crippen LogP contribution in [0, 0.1) is 6.92 Å². The third-order valence-corrected chi connectivity index (χ3v) is 3.70. The third kappa shape index (κ3) is 2.41. The Bertz CT molecular complexity index is 505. The van der Waals surface area contributed by atoms with Gasteiger partial charge in [0.1, 0.15) is 0 Å². The number of nitrogens with one attached hydrogen (secondary N) is 1.